The molecule has 0 bridgehead atoms. The fourth-order valence-corrected chi connectivity index (χ4v) is 1.80. The molecule has 0 radical (unpaired) electrons. The van der Waals surface area contributed by atoms with Gasteiger partial charge in [0.15, 0.2) is 0 Å². The molecule has 1 amide bonds. The summed E-state index contributed by atoms with van der Waals surface area (Å²) in [6, 6.07) is 8.22. The van der Waals surface area contributed by atoms with E-state index in [1.165, 1.54) is 12.5 Å². The number of rotatable bonds is 7. The molecule has 0 saturated heterocycles. The maximum Gasteiger partial charge on any atom is 0.326 e. The molecule has 1 heterocycles. The smallest absolute Gasteiger partial charge is 0.326 e. The topological polar surface area (TPSA) is 107 Å². The Morgan fingerprint density at radius 2 is 2.05 bits per heavy atom. The summed E-state index contributed by atoms with van der Waals surface area (Å²) in [5.74, 6) is -1.47. The van der Waals surface area contributed by atoms with Crippen molar-refractivity contribution in [1.82, 2.24) is 15.3 Å². The van der Waals surface area contributed by atoms with Crippen LogP contribution >= 0.6 is 0 Å². The highest BCUT2D eigenvalue weighted by atomic mass is 16.4. The Kier molecular flexibility index (Phi) is 4.92. The number of anilines is 1. The number of aliphatic carboxylic acids is 1. The van der Waals surface area contributed by atoms with Gasteiger partial charge in [0.1, 0.15) is 6.04 Å². The fourth-order valence-electron chi connectivity index (χ4n) is 1.80. The lowest BCUT2D eigenvalue weighted by molar-refractivity contribution is -0.141. The van der Waals surface area contributed by atoms with Crippen LogP contribution in [0.1, 0.15) is 5.69 Å². The van der Waals surface area contributed by atoms with E-state index in [1.54, 1.807) is 0 Å². The lowest BCUT2D eigenvalue weighted by atomic mass is 10.1. The molecule has 0 aliphatic carbocycles. The van der Waals surface area contributed by atoms with Crippen molar-refractivity contribution in [2.24, 2.45) is 0 Å². The zero-order chi connectivity index (χ0) is 15.1. The van der Waals surface area contributed by atoms with Crippen LogP contribution in [0.2, 0.25) is 0 Å². The van der Waals surface area contributed by atoms with E-state index in [1.807, 2.05) is 30.3 Å². The molecule has 0 aliphatic rings. The normalized spacial score (nSPS) is 11.6. The lowest BCUT2D eigenvalue weighted by Gasteiger charge is -2.14. The Morgan fingerprint density at radius 3 is 2.67 bits per heavy atom. The van der Waals surface area contributed by atoms with Crippen molar-refractivity contribution in [3.05, 3.63) is 48.5 Å². The van der Waals surface area contributed by atoms with Gasteiger partial charge in [0.25, 0.3) is 0 Å². The minimum Gasteiger partial charge on any atom is -0.480 e. The zero-order valence-electron chi connectivity index (χ0n) is 11.2. The number of para-hydroxylation sites is 1. The van der Waals surface area contributed by atoms with Crippen LogP contribution in [0.25, 0.3) is 0 Å². The molecular weight excluding hydrogens is 272 g/mol. The molecule has 0 fully saturated rings. The Balaban J connectivity index is 1.85. The maximum atomic E-state index is 11.8. The van der Waals surface area contributed by atoms with Crippen LogP contribution in [0.4, 0.5) is 5.69 Å². The lowest BCUT2D eigenvalue weighted by Crippen LogP contribution is -2.44. The molecule has 0 aliphatic heterocycles. The Bertz CT molecular complexity index is 584. The number of imidazole rings is 1. The number of hydrogen-bond donors (Lipinski definition) is 4. The monoisotopic (exact) mass is 288 g/mol. The third-order valence-corrected chi connectivity index (χ3v) is 2.84. The summed E-state index contributed by atoms with van der Waals surface area (Å²) in [6.45, 7) is 0.0107. The highest BCUT2D eigenvalue weighted by Gasteiger charge is 2.20. The number of nitrogens with one attached hydrogen (secondary N) is 3. The number of aromatic amines is 1. The number of carbonyl (C=O) groups is 2. The minimum absolute atomic E-state index is 0.0107. The van der Waals surface area contributed by atoms with Crippen LogP contribution in [-0.4, -0.2) is 39.5 Å². The number of aromatic nitrogens is 2. The van der Waals surface area contributed by atoms with Crippen LogP contribution in [0.5, 0.6) is 0 Å². The molecule has 7 heteroatoms. The molecule has 7 nitrogen and oxygen atoms in total. The van der Waals surface area contributed by atoms with Gasteiger partial charge in [0, 0.05) is 24.0 Å². The van der Waals surface area contributed by atoms with Crippen molar-refractivity contribution in [1.29, 1.82) is 0 Å². The van der Waals surface area contributed by atoms with E-state index < -0.39 is 12.0 Å². The van der Waals surface area contributed by atoms with Crippen molar-refractivity contribution in [2.45, 2.75) is 12.5 Å². The third kappa shape index (κ3) is 4.64. The van der Waals surface area contributed by atoms with Gasteiger partial charge in [-0.25, -0.2) is 9.78 Å². The summed E-state index contributed by atoms with van der Waals surface area (Å²) in [4.78, 5) is 29.6. The predicted molar refractivity (Wildman–Crippen MR) is 76.8 cm³/mol. The van der Waals surface area contributed by atoms with Crippen molar-refractivity contribution in [3.8, 4) is 0 Å². The second-order valence-electron chi connectivity index (χ2n) is 4.46. The number of H-pyrrole nitrogens is 1. The minimum atomic E-state index is -1.09. The van der Waals surface area contributed by atoms with E-state index in [0.29, 0.717) is 5.69 Å². The first kappa shape index (κ1) is 14.6. The molecule has 0 spiro atoms. The van der Waals surface area contributed by atoms with Crippen LogP contribution < -0.4 is 10.6 Å². The molecule has 1 aromatic carbocycles. The molecular formula is C14H16N4O3. The number of carbonyl (C=O) groups excluding carboxylic acids is 1. The van der Waals surface area contributed by atoms with E-state index in [9.17, 15) is 9.59 Å². The van der Waals surface area contributed by atoms with Gasteiger partial charge >= 0.3 is 5.97 Å². The molecule has 2 aromatic rings. The second kappa shape index (κ2) is 7.09. The second-order valence-corrected chi connectivity index (χ2v) is 4.46. The van der Waals surface area contributed by atoms with Crippen molar-refractivity contribution in [2.75, 3.05) is 11.9 Å². The van der Waals surface area contributed by atoms with Gasteiger partial charge in [-0.15, -0.1) is 0 Å². The predicted octanol–water partition coefficient (Wildman–Crippen LogP) is 0.634. The van der Waals surface area contributed by atoms with Gasteiger partial charge in [0.2, 0.25) is 5.91 Å². The number of carboxylic acids is 1. The summed E-state index contributed by atoms with van der Waals surface area (Å²) < 4.78 is 0. The summed E-state index contributed by atoms with van der Waals surface area (Å²) >= 11 is 0. The van der Waals surface area contributed by atoms with E-state index in [-0.39, 0.29) is 18.9 Å². The molecule has 0 unspecified atom stereocenters. The van der Waals surface area contributed by atoms with E-state index in [2.05, 4.69) is 20.6 Å². The number of amides is 1. The SMILES string of the molecule is O=C(CNc1ccccc1)N[C@@H](Cc1cnc[nH]1)C(=O)O. The molecule has 110 valence electrons. The third-order valence-electron chi connectivity index (χ3n) is 2.84. The molecule has 1 aromatic heterocycles. The van der Waals surface area contributed by atoms with Gasteiger partial charge in [-0.1, -0.05) is 18.2 Å². The Labute approximate surface area is 121 Å². The molecule has 1 atom stereocenters. The van der Waals surface area contributed by atoms with Gasteiger partial charge in [0.05, 0.1) is 12.9 Å². The zero-order valence-corrected chi connectivity index (χ0v) is 11.2. The van der Waals surface area contributed by atoms with Gasteiger partial charge < -0.3 is 20.7 Å². The van der Waals surface area contributed by atoms with E-state index >= 15 is 0 Å². The molecule has 4 N–H and O–H groups in total. The fraction of sp³-hybridized carbons (Fsp3) is 0.214. The Hall–Kier alpha value is -2.83. The summed E-state index contributed by atoms with van der Waals surface area (Å²) in [5.41, 5.74) is 1.45. The standard InChI is InChI=1S/C14H16N4O3/c19-13(8-16-10-4-2-1-3-5-10)18-12(14(20)21)6-11-7-15-9-17-11/h1-5,7,9,12,16H,6,8H2,(H,15,17)(H,18,19)(H,20,21)/t12-/m0/s1. The van der Waals surface area contributed by atoms with E-state index in [4.69, 9.17) is 5.11 Å². The first-order chi connectivity index (χ1) is 10.1. The van der Waals surface area contributed by atoms with Crippen molar-refractivity contribution < 1.29 is 14.7 Å². The van der Waals surface area contributed by atoms with Crippen LogP contribution in [0.15, 0.2) is 42.9 Å². The number of hydrogen-bond acceptors (Lipinski definition) is 4. The number of nitrogens with zero attached hydrogens (tertiary/aromatic N) is 1. The average molecular weight is 288 g/mol. The summed E-state index contributed by atoms with van der Waals surface area (Å²) in [7, 11) is 0. The van der Waals surface area contributed by atoms with E-state index in [0.717, 1.165) is 5.69 Å². The Morgan fingerprint density at radius 1 is 1.29 bits per heavy atom. The molecule has 0 saturated carbocycles. The number of carboxylic acid groups (broad SMARTS) is 1. The van der Waals surface area contributed by atoms with Crippen molar-refractivity contribution in [3.63, 3.8) is 0 Å². The van der Waals surface area contributed by atoms with Crippen LogP contribution in [-0.2, 0) is 16.0 Å². The largest absolute Gasteiger partial charge is 0.480 e. The first-order valence-electron chi connectivity index (χ1n) is 6.43. The quantitative estimate of drug-likeness (QED) is 0.598. The van der Waals surface area contributed by atoms with Gasteiger partial charge in [-0.3, -0.25) is 4.79 Å². The van der Waals surface area contributed by atoms with Crippen LogP contribution in [0.3, 0.4) is 0 Å². The number of benzene rings is 1. The highest BCUT2D eigenvalue weighted by molar-refractivity contribution is 5.86. The highest BCUT2D eigenvalue weighted by Crippen LogP contribution is 2.04. The molecule has 21 heavy (non-hydrogen) atoms. The molecule has 2 rings (SSSR count). The maximum absolute atomic E-state index is 11.8. The summed E-state index contributed by atoms with van der Waals surface area (Å²) in [5, 5.41) is 14.5. The van der Waals surface area contributed by atoms with Crippen LogP contribution in [0, 0.1) is 0 Å². The van der Waals surface area contributed by atoms with Gasteiger partial charge in [-0.05, 0) is 12.1 Å². The summed E-state index contributed by atoms with van der Waals surface area (Å²) in [6.07, 6.45) is 3.16. The first-order valence-corrected chi connectivity index (χ1v) is 6.43. The van der Waals surface area contributed by atoms with Gasteiger partial charge in [-0.2, -0.15) is 0 Å². The van der Waals surface area contributed by atoms with Crippen molar-refractivity contribution >= 4 is 17.6 Å². The average Bonchev–Trinajstić information content (AvgIpc) is 2.98.